The Kier molecular flexibility index (Phi) is 10.3. The van der Waals surface area contributed by atoms with Crippen molar-refractivity contribution in [2.75, 3.05) is 13.2 Å². The Balaban J connectivity index is 1.33. The van der Waals surface area contributed by atoms with E-state index in [-0.39, 0.29) is 17.7 Å². The van der Waals surface area contributed by atoms with Gasteiger partial charge >= 0.3 is 18.2 Å². The molecule has 1 fully saturated rings. The molecule has 0 saturated carbocycles. The minimum Gasteiger partial charge on any atom is -0.429 e. The maximum absolute atomic E-state index is 15.2. The molecule has 1 heterocycles. The first-order valence-electron chi connectivity index (χ1n) is 14.3. The van der Waals surface area contributed by atoms with Crippen molar-refractivity contribution in [2.24, 2.45) is 5.92 Å². The van der Waals surface area contributed by atoms with Gasteiger partial charge in [-0.05, 0) is 41.3 Å². The first-order chi connectivity index (χ1) is 22.8. The Morgan fingerprint density at radius 3 is 1.83 bits per heavy atom. The van der Waals surface area contributed by atoms with Gasteiger partial charge in [-0.25, -0.2) is 22.0 Å². The van der Waals surface area contributed by atoms with Crippen molar-refractivity contribution in [3.05, 3.63) is 119 Å². The molecule has 4 aromatic rings. The molecule has 4 nitrogen and oxygen atoms in total. The average Bonchev–Trinajstić information content (AvgIpc) is 3.02. The van der Waals surface area contributed by atoms with E-state index >= 15 is 4.39 Å². The van der Waals surface area contributed by atoms with Gasteiger partial charge in [-0.2, -0.15) is 22.0 Å². The summed E-state index contributed by atoms with van der Waals surface area (Å²) in [5, 5.41) is 0. The van der Waals surface area contributed by atoms with E-state index in [9.17, 15) is 39.5 Å². The zero-order valence-corrected chi connectivity index (χ0v) is 24.7. The topological polar surface area (TPSA) is 36.9 Å². The lowest BCUT2D eigenvalue weighted by Gasteiger charge is -2.29. The fraction of sp³-hybridized carbons (Fsp3) is 0.235. The highest BCUT2D eigenvalue weighted by molar-refractivity contribution is 5.71. The summed E-state index contributed by atoms with van der Waals surface area (Å²) in [6.45, 7) is 3.22. The van der Waals surface area contributed by atoms with Crippen LogP contribution in [0, 0.1) is 35.0 Å². The van der Waals surface area contributed by atoms with Crippen molar-refractivity contribution in [1.82, 2.24) is 0 Å². The number of alkyl halides is 2. The average molecular weight is 687 g/mol. The first-order valence-corrected chi connectivity index (χ1v) is 14.3. The highest BCUT2D eigenvalue weighted by atomic mass is 19.3. The van der Waals surface area contributed by atoms with Crippen molar-refractivity contribution in [3.63, 3.8) is 0 Å². The monoisotopic (exact) mass is 686 g/mol. The van der Waals surface area contributed by atoms with E-state index in [4.69, 9.17) is 9.47 Å². The van der Waals surface area contributed by atoms with Crippen LogP contribution < -0.4 is 9.47 Å². The molecule has 14 heteroatoms. The molecule has 0 aromatic heterocycles. The van der Waals surface area contributed by atoms with E-state index in [1.807, 2.05) is 0 Å². The van der Waals surface area contributed by atoms with E-state index in [1.165, 1.54) is 12.1 Å². The number of benzene rings is 4. The Morgan fingerprint density at radius 2 is 1.29 bits per heavy atom. The number of rotatable bonds is 10. The molecule has 0 N–H and O–H groups in total. The predicted octanol–water partition coefficient (Wildman–Crippen LogP) is 10.7. The van der Waals surface area contributed by atoms with Crippen LogP contribution in [0.3, 0.4) is 0 Å². The third-order valence-corrected chi connectivity index (χ3v) is 7.35. The molecule has 1 aliphatic rings. The molecular weight excluding hydrogens is 662 g/mol. The molecule has 0 bridgehead atoms. The molecule has 1 aliphatic heterocycles. The first kappa shape index (κ1) is 34.8. The second-order valence-electron chi connectivity index (χ2n) is 10.8. The fourth-order valence-corrected chi connectivity index (χ4v) is 5.10. The van der Waals surface area contributed by atoms with Crippen molar-refractivity contribution in [2.45, 2.75) is 32.2 Å². The summed E-state index contributed by atoms with van der Waals surface area (Å²) in [6, 6.07) is 8.84. The molecule has 5 rings (SSSR count). The summed E-state index contributed by atoms with van der Waals surface area (Å²) in [7, 11) is 0. The Bertz CT molecular complexity index is 1770. The molecule has 0 atom stereocenters. The van der Waals surface area contributed by atoms with Crippen LogP contribution in [-0.4, -0.2) is 13.2 Å². The van der Waals surface area contributed by atoms with Gasteiger partial charge in [0.05, 0.1) is 13.2 Å². The smallest absolute Gasteiger partial charge is 0.429 e. The van der Waals surface area contributed by atoms with Crippen LogP contribution in [0.5, 0.6) is 11.5 Å². The van der Waals surface area contributed by atoms with Crippen LogP contribution in [0.15, 0.2) is 78.8 Å². The van der Waals surface area contributed by atoms with Crippen LogP contribution in [-0.2, 0) is 15.6 Å². The van der Waals surface area contributed by atoms with Crippen LogP contribution >= 0.6 is 0 Å². The number of ether oxygens (including phenoxy) is 4. The van der Waals surface area contributed by atoms with Gasteiger partial charge < -0.3 is 18.9 Å². The molecule has 0 unspecified atom stereocenters. The van der Waals surface area contributed by atoms with Gasteiger partial charge in [0.2, 0.25) is 5.75 Å². The third kappa shape index (κ3) is 7.60. The molecule has 4 aromatic carbocycles. The lowest BCUT2D eigenvalue weighted by Crippen LogP contribution is -2.26. The molecule has 0 amide bonds. The minimum atomic E-state index is -4.90. The highest BCUT2D eigenvalue weighted by Gasteiger charge is 2.42. The lowest BCUT2D eigenvalue weighted by atomic mass is 9.97. The summed E-state index contributed by atoms with van der Waals surface area (Å²) >= 11 is 0. The van der Waals surface area contributed by atoms with Gasteiger partial charge in [-0.1, -0.05) is 49.7 Å². The molecule has 0 spiro atoms. The number of halogens is 10. The zero-order chi connectivity index (χ0) is 34.7. The van der Waals surface area contributed by atoms with Gasteiger partial charge in [-0.15, -0.1) is 0 Å². The number of hydrogen-bond donors (Lipinski definition) is 0. The van der Waals surface area contributed by atoms with E-state index in [2.05, 4.69) is 16.4 Å². The second-order valence-corrected chi connectivity index (χ2v) is 10.8. The second kappa shape index (κ2) is 14.3. The van der Waals surface area contributed by atoms with Crippen LogP contribution in [0.25, 0.3) is 22.3 Å². The fourth-order valence-electron chi connectivity index (χ4n) is 5.10. The van der Waals surface area contributed by atoms with Gasteiger partial charge in [0.1, 0.15) is 28.8 Å². The summed E-state index contributed by atoms with van der Waals surface area (Å²) in [6.07, 6.45) is -6.48. The van der Waals surface area contributed by atoms with E-state index in [0.717, 1.165) is 24.5 Å². The standard InChI is InChI=1S/C34H24F10O4/c1-2-3-17-15-45-33(46-16-17)19-6-4-18(5-7-19)20-8-9-23(24(35)10-20)21-11-25(36)29(26(37)12-21)34(43,44)48-22-13-27(38)30(28(39)14-22)47-32(42)31(40)41/h4-14,17,33H,2-3,15-16H2,1H3. The molecular formula is C34H24F10O4. The maximum Gasteiger partial charge on any atom is 0.432 e. The summed E-state index contributed by atoms with van der Waals surface area (Å²) < 4.78 is 160. The number of hydrogen-bond acceptors (Lipinski definition) is 4. The maximum atomic E-state index is 15.2. The Hall–Kier alpha value is -4.56. The van der Waals surface area contributed by atoms with Crippen LogP contribution in [0.4, 0.5) is 43.9 Å². The SMILES string of the molecule is CCCC1COC(c2ccc(-c3ccc(-c4cc(F)c(C(F)(F)Oc5cc(F)c(OC(F)=C(F)F)c(F)c5)c(F)c4)c(F)c3)cc2)OC1. The van der Waals surface area contributed by atoms with Gasteiger partial charge in [-0.3, -0.25) is 0 Å². The Labute approximate surface area is 267 Å². The largest absolute Gasteiger partial charge is 0.432 e. The van der Waals surface area contributed by atoms with Crippen molar-refractivity contribution in [3.8, 4) is 33.8 Å². The molecule has 254 valence electrons. The molecule has 0 aliphatic carbocycles. The summed E-state index contributed by atoms with van der Waals surface area (Å²) in [4.78, 5) is 0. The van der Waals surface area contributed by atoms with Crippen LogP contribution in [0.2, 0.25) is 0 Å². The van der Waals surface area contributed by atoms with E-state index in [1.54, 1.807) is 24.3 Å². The van der Waals surface area contributed by atoms with Gasteiger partial charge in [0, 0.05) is 29.2 Å². The van der Waals surface area contributed by atoms with E-state index < -0.39 is 76.2 Å². The molecule has 0 radical (unpaired) electrons. The van der Waals surface area contributed by atoms with E-state index in [0.29, 0.717) is 42.4 Å². The highest BCUT2D eigenvalue weighted by Crippen LogP contribution is 2.40. The lowest BCUT2D eigenvalue weighted by molar-refractivity contribution is -0.206. The quantitative estimate of drug-likeness (QED) is 0.123. The van der Waals surface area contributed by atoms with Crippen LogP contribution in [0.1, 0.15) is 37.2 Å². The third-order valence-electron chi connectivity index (χ3n) is 7.35. The van der Waals surface area contributed by atoms with Crippen molar-refractivity contribution >= 4 is 0 Å². The summed E-state index contributed by atoms with van der Waals surface area (Å²) in [5.41, 5.74) is -1.01. The zero-order valence-electron chi connectivity index (χ0n) is 24.7. The molecule has 48 heavy (non-hydrogen) atoms. The normalized spacial score (nSPS) is 16.5. The van der Waals surface area contributed by atoms with Gasteiger partial charge in [0.15, 0.2) is 17.9 Å². The van der Waals surface area contributed by atoms with Crippen molar-refractivity contribution < 1.29 is 62.9 Å². The van der Waals surface area contributed by atoms with Gasteiger partial charge in [0.25, 0.3) is 0 Å². The molecule has 1 saturated heterocycles. The van der Waals surface area contributed by atoms with Crippen molar-refractivity contribution in [1.29, 1.82) is 0 Å². The summed E-state index contributed by atoms with van der Waals surface area (Å²) in [5.74, 6) is -11.4. The Morgan fingerprint density at radius 1 is 0.729 bits per heavy atom. The predicted molar refractivity (Wildman–Crippen MR) is 152 cm³/mol. The minimum absolute atomic E-state index is 0.00938.